The monoisotopic (exact) mass is 213 g/mol. The van der Waals surface area contributed by atoms with E-state index in [2.05, 4.69) is 16.9 Å². The molecule has 0 saturated carbocycles. The van der Waals surface area contributed by atoms with E-state index in [1.807, 2.05) is 20.8 Å². The Morgan fingerprint density at radius 3 is 2.40 bits per heavy atom. The van der Waals surface area contributed by atoms with Crippen LogP contribution in [0.15, 0.2) is 17.8 Å². The minimum absolute atomic E-state index is 0.388. The number of amides is 1. The molecule has 0 aromatic heterocycles. The second-order valence-electron chi connectivity index (χ2n) is 3.94. The number of hydrogen-bond donors (Lipinski definition) is 1. The Morgan fingerprint density at radius 1 is 1.53 bits per heavy atom. The molecule has 0 aliphatic carbocycles. The zero-order valence-corrected chi connectivity index (χ0v) is 10.00. The summed E-state index contributed by atoms with van der Waals surface area (Å²) >= 11 is 0. The molecule has 1 amide bonds. The van der Waals surface area contributed by atoms with Crippen LogP contribution in [0.25, 0.3) is 0 Å². The molecule has 0 atom stereocenters. The van der Waals surface area contributed by atoms with E-state index in [-0.39, 0.29) is 0 Å². The van der Waals surface area contributed by atoms with Crippen molar-refractivity contribution < 1.29 is 9.53 Å². The number of ether oxygens (including phenoxy) is 1. The fourth-order valence-corrected chi connectivity index (χ4v) is 0.820. The lowest BCUT2D eigenvalue weighted by atomic mass is 10.2. The number of nitrogens with one attached hydrogen (secondary N) is 1. The number of hydrogen-bond acceptors (Lipinski definition) is 3. The Hall–Kier alpha value is -1.52. The van der Waals surface area contributed by atoms with Gasteiger partial charge in [0, 0.05) is 14.1 Å². The maximum Gasteiger partial charge on any atom is 0.416 e. The third-order valence-electron chi connectivity index (χ3n) is 1.43. The molecule has 1 N–H and O–H groups in total. The topological polar surface area (TPSA) is 53.9 Å². The molecule has 0 fully saturated rings. The lowest BCUT2D eigenvalue weighted by molar-refractivity contribution is 0.0398. The van der Waals surface area contributed by atoms with E-state index < -0.39 is 11.7 Å². The van der Waals surface area contributed by atoms with Crippen LogP contribution in [0.5, 0.6) is 0 Å². The molecular weight excluding hydrogens is 194 g/mol. The van der Waals surface area contributed by atoms with Crippen molar-refractivity contribution in [1.82, 2.24) is 10.2 Å². The Balaban J connectivity index is 4.49. The van der Waals surface area contributed by atoms with Crippen LogP contribution in [-0.2, 0) is 4.74 Å². The lowest BCUT2D eigenvalue weighted by Crippen LogP contribution is -2.43. The highest BCUT2D eigenvalue weighted by atomic mass is 16.6. The van der Waals surface area contributed by atoms with E-state index in [0.29, 0.717) is 5.96 Å². The molecule has 5 heteroatoms. The van der Waals surface area contributed by atoms with Gasteiger partial charge in [-0.05, 0) is 27.0 Å². The number of carbonyl (C=O) groups excluding carboxylic acids is 1. The van der Waals surface area contributed by atoms with Crippen molar-refractivity contribution in [2.75, 3.05) is 14.1 Å². The van der Waals surface area contributed by atoms with Gasteiger partial charge in [0.25, 0.3) is 0 Å². The maximum absolute atomic E-state index is 11.6. The highest BCUT2D eigenvalue weighted by molar-refractivity contribution is 5.94. The molecule has 0 radical (unpaired) electrons. The minimum atomic E-state index is -0.516. The predicted molar refractivity (Wildman–Crippen MR) is 60.7 cm³/mol. The van der Waals surface area contributed by atoms with Crippen LogP contribution in [0.2, 0.25) is 0 Å². The first-order valence-electron chi connectivity index (χ1n) is 4.62. The normalized spacial score (nSPS) is 11.9. The van der Waals surface area contributed by atoms with Gasteiger partial charge >= 0.3 is 6.09 Å². The fraction of sp³-hybridized carbons (Fsp3) is 0.600. The molecule has 0 aromatic carbocycles. The molecule has 0 heterocycles. The van der Waals surface area contributed by atoms with Crippen molar-refractivity contribution in [3.8, 4) is 0 Å². The minimum Gasteiger partial charge on any atom is -0.443 e. The Labute approximate surface area is 90.8 Å². The largest absolute Gasteiger partial charge is 0.443 e. The van der Waals surface area contributed by atoms with E-state index in [4.69, 9.17) is 4.74 Å². The smallest absolute Gasteiger partial charge is 0.416 e. The quantitative estimate of drug-likeness (QED) is 0.531. The van der Waals surface area contributed by atoms with Gasteiger partial charge in [-0.25, -0.2) is 4.79 Å². The van der Waals surface area contributed by atoms with Gasteiger partial charge in [0.15, 0.2) is 0 Å². The number of nitrogens with zero attached hydrogens (tertiary/aromatic N) is 2. The Morgan fingerprint density at radius 2 is 2.07 bits per heavy atom. The number of aliphatic imine (C=N–C) groups is 1. The maximum atomic E-state index is 11.6. The summed E-state index contributed by atoms with van der Waals surface area (Å²) in [4.78, 5) is 16.8. The molecule has 86 valence electrons. The number of rotatable bonds is 1. The third kappa shape index (κ3) is 5.05. The highest BCUT2D eigenvalue weighted by Crippen LogP contribution is 2.08. The summed E-state index contributed by atoms with van der Waals surface area (Å²) in [6.07, 6.45) is 0.987. The molecule has 0 rings (SSSR count). The summed E-state index contributed by atoms with van der Waals surface area (Å²) in [5.41, 5.74) is -0.516. The molecule has 0 unspecified atom stereocenters. The molecule has 0 bridgehead atoms. The molecule has 0 aliphatic rings. The van der Waals surface area contributed by atoms with E-state index in [9.17, 15) is 4.79 Å². The number of carbonyl (C=O) groups is 1. The fourth-order valence-electron chi connectivity index (χ4n) is 0.820. The average molecular weight is 213 g/mol. The van der Waals surface area contributed by atoms with Crippen LogP contribution in [0.1, 0.15) is 20.8 Å². The van der Waals surface area contributed by atoms with E-state index in [1.165, 1.54) is 11.1 Å². The molecule has 0 aromatic rings. The van der Waals surface area contributed by atoms with Gasteiger partial charge in [-0.2, -0.15) is 0 Å². The second-order valence-corrected chi connectivity index (χ2v) is 3.94. The Bertz CT molecular complexity index is 266. The van der Waals surface area contributed by atoms with Crippen LogP contribution in [0.4, 0.5) is 4.79 Å². The molecular formula is C10H19N3O2. The van der Waals surface area contributed by atoms with Gasteiger partial charge in [-0.15, -0.1) is 0 Å². The van der Waals surface area contributed by atoms with Crippen molar-refractivity contribution >= 4 is 12.1 Å². The van der Waals surface area contributed by atoms with Crippen molar-refractivity contribution in [3.63, 3.8) is 0 Å². The summed E-state index contributed by atoms with van der Waals surface area (Å²) in [5, 5.41) is 2.74. The van der Waals surface area contributed by atoms with E-state index in [0.717, 1.165) is 0 Å². The summed E-state index contributed by atoms with van der Waals surface area (Å²) in [6, 6.07) is 0. The van der Waals surface area contributed by atoms with Crippen molar-refractivity contribution in [2.45, 2.75) is 26.4 Å². The Kier molecular flexibility index (Phi) is 4.84. The molecule has 5 nitrogen and oxygen atoms in total. The SMILES string of the molecule is C=CNC(=NC)N(C)C(=O)OC(C)(C)C. The first-order valence-corrected chi connectivity index (χ1v) is 4.62. The standard InChI is InChI=1S/C10H19N3O2/c1-7-12-8(11-5)13(6)9(14)15-10(2,3)4/h7H,1H2,2-6H3,(H,11,12). The van der Waals surface area contributed by atoms with Crippen LogP contribution in [-0.4, -0.2) is 36.6 Å². The molecule has 0 spiro atoms. The predicted octanol–water partition coefficient (Wildman–Crippen LogP) is 1.57. The van der Waals surface area contributed by atoms with Crippen molar-refractivity contribution in [3.05, 3.63) is 12.8 Å². The van der Waals surface area contributed by atoms with Gasteiger partial charge in [-0.3, -0.25) is 9.89 Å². The lowest BCUT2D eigenvalue weighted by Gasteiger charge is -2.24. The first-order chi connectivity index (χ1) is 6.81. The highest BCUT2D eigenvalue weighted by Gasteiger charge is 2.21. The van der Waals surface area contributed by atoms with Gasteiger partial charge in [0.1, 0.15) is 5.60 Å². The van der Waals surface area contributed by atoms with Crippen molar-refractivity contribution in [1.29, 1.82) is 0 Å². The molecule has 0 aliphatic heterocycles. The zero-order valence-electron chi connectivity index (χ0n) is 10.00. The summed E-state index contributed by atoms with van der Waals surface area (Å²) in [7, 11) is 3.15. The zero-order chi connectivity index (χ0) is 12.1. The van der Waals surface area contributed by atoms with Crippen LogP contribution >= 0.6 is 0 Å². The third-order valence-corrected chi connectivity index (χ3v) is 1.43. The molecule has 0 saturated heterocycles. The first kappa shape index (κ1) is 13.5. The van der Waals surface area contributed by atoms with Crippen LogP contribution in [0.3, 0.4) is 0 Å². The summed E-state index contributed by atoms with van der Waals surface area (Å²) in [5.74, 6) is 0.388. The van der Waals surface area contributed by atoms with Gasteiger partial charge in [-0.1, -0.05) is 6.58 Å². The van der Waals surface area contributed by atoms with Gasteiger partial charge in [0.05, 0.1) is 0 Å². The van der Waals surface area contributed by atoms with Gasteiger partial charge in [0.2, 0.25) is 5.96 Å². The average Bonchev–Trinajstić information content (AvgIpc) is 2.10. The number of guanidine groups is 1. The van der Waals surface area contributed by atoms with Gasteiger partial charge < -0.3 is 10.1 Å². The van der Waals surface area contributed by atoms with Crippen LogP contribution < -0.4 is 5.32 Å². The van der Waals surface area contributed by atoms with Crippen LogP contribution in [0, 0.1) is 0 Å². The van der Waals surface area contributed by atoms with Crippen molar-refractivity contribution in [2.24, 2.45) is 4.99 Å². The second kappa shape index (κ2) is 5.38. The molecule has 15 heavy (non-hydrogen) atoms. The summed E-state index contributed by atoms with van der Waals surface area (Å²) in [6.45, 7) is 8.92. The van der Waals surface area contributed by atoms with E-state index >= 15 is 0 Å². The summed E-state index contributed by atoms with van der Waals surface area (Å²) < 4.78 is 5.16. The van der Waals surface area contributed by atoms with E-state index in [1.54, 1.807) is 14.1 Å².